The van der Waals surface area contributed by atoms with Crippen LogP contribution in [0.2, 0.25) is 0 Å². The third kappa shape index (κ3) is 10.0. The summed E-state index contributed by atoms with van der Waals surface area (Å²) in [6.07, 6.45) is -0.757. The second-order valence-corrected chi connectivity index (χ2v) is 11.8. The summed E-state index contributed by atoms with van der Waals surface area (Å²) in [5, 5.41) is 3.29. The number of amides is 2. The van der Waals surface area contributed by atoms with Gasteiger partial charge in [0.15, 0.2) is 0 Å². The van der Waals surface area contributed by atoms with Crippen LogP contribution in [0, 0.1) is 0 Å². The molecule has 0 spiro atoms. The van der Waals surface area contributed by atoms with Gasteiger partial charge in [-0.2, -0.15) is 0 Å². The zero-order valence-electron chi connectivity index (χ0n) is 23.6. The fourth-order valence-electron chi connectivity index (χ4n) is 3.32. The number of nitrogens with zero attached hydrogens (tertiary/aromatic N) is 3. The summed E-state index contributed by atoms with van der Waals surface area (Å²) >= 11 is 0. The van der Waals surface area contributed by atoms with Crippen molar-refractivity contribution >= 4 is 29.3 Å². The van der Waals surface area contributed by atoms with Crippen molar-refractivity contribution in [2.75, 3.05) is 13.1 Å². The molecule has 206 valence electrons. The Kier molecular flexibility index (Phi) is 9.71. The summed E-state index contributed by atoms with van der Waals surface area (Å²) in [6, 6.07) is 7.40. The van der Waals surface area contributed by atoms with Gasteiger partial charge in [0, 0.05) is 6.54 Å². The zero-order chi connectivity index (χ0) is 28.0. The largest absolute Gasteiger partial charge is 0.443 e. The summed E-state index contributed by atoms with van der Waals surface area (Å²) < 4.78 is 17.8. The van der Waals surface area contributed by atoms with E-state index in [1.54, 1.807) is 41.5 Å². The highest BCUT2D eigenvalue weighted by atomic mass is 16.6. The number of carbonyl (C=O) groups is 3. The number of hydrogen-bond acceptors (Lipinski definition) is 8. The lowest BCUT2D eigenvalue weighted by Crippen LogP contribution is -2.44. The maximum absolute atomic E-state index is 12.9. The maximum Gasteiger partial charge on any atom is 0.420 e. The van der Waals surface area contributed by atoms with Gasteiger partial charge in [0.25, 0.3) is 0 Å². The van der Waals surface area contributed by atoms with Crippen molar-refractivity contribution < 1.29 is 28.6 Å². The molecule has 0 aliphatic carbocycles. The SMILES string of the molecule is CC(C)(C)OC(=O)N(CCCCNCc1nc2ccccc2n1C(=O)OC(C)(C)C)C(=O)OC(C)(C)C. The third-order valence-electron chi connectivity index (χ3n) is 4.70. The molecule has 37 heavy (non-hydrogen) atoms. The van der Waals surface area contributed by atoms with Crippen LogP contribution in [-0.2, 0) is 20.8 Å². The number of para-hydroxylation sites is 2. The molecule has 2 aromatic rings. The first-order chi connectivity index (χ1) is 17.0. The van der Waals surface area contributed by atoms with Gasteiger partial charge in [0.2, 0.25) is 0 Å². The average molecular weight is 519 g/mol. The Bertz CT molecular complexity index is 1060. The molecular formula is C27H42N4O6. The van der Waals surface area contributed by atoms with Crippen LogP contribution in [-0.4, -0.2) is 62.6 Å². The standard InChI is InChI=1S/C27H42N4O6/c1-25(2,3)35-22(32)30(23(33)36-26(4,5)6)17-13-12-16-28-18-21-29-19-14-10-11-15-20(19)31(21)24(34)37-27(7,8)9/h10-11,14-15,28H,12-13,16-18H2,1-9H3. The lowest BCUT2D eigenvalue weighted by Gasteiger charge is -2.28. The Morgan fingerprint density at radius 2 is 1.38 bits per heavy atom. The van der Waals surface area contributed by atoms with Gasteiger partial charge in [-0.3, -0.25) is 0 Å². The number of fused-ring (bicyclic) bond motifs is 1. The fourth-order valence-corrected chi connectivity index (χ4v) is 3.32. The first-order valence-electron chi connectivity index (χ1n) is 12.6. The van der Waals surface area contributed by atoms with Crippen LogP contribution in [0.3, 0.4) is 0 Å². The van der Waals surface area contributed by atoms with Crippen LogP contribution in [0.1, 0.15) is 81.0 Å². The van der Waals surface area contributed by atoms with Crippen LogP contribution in [0.5, 0.6) is 0 Å². The zero-order valence-corrected chi connectivity index (χ0v) is 23.6. The molecule has 10 nitrogen and oxygen atoms in total. The van der Waals surface area contributed by atoms with E-state index in [0.29, 0.717) is 42.8 Å². The van der Waals surface area contributed by atoms with Gasteiger partial charge in [-0.25, -0.2) is 28.8 Å². The number of imidazole rings is 1. The number of rotatable bonds is 7. The number of ether oxygens (including phenoxy) is 3. The molecule has 0 saturated heterocycles. The molecule has 1 aromatic carbocycles. The van der Waals surface area contributed by atoms with E-state index in [4.69, 9.17) is 14.2 Å². The molecule has 10 heteroatoms. The van der Waals surface area contributed by atoms with Crippen molar-refractivity contribution in [2.24, 2.45) is 0 Å². The van der Waals surface area contributed by atoms with Crippen molar-refractivity contribution in [3.8, 4) is 0 Å². The lowest BCUT2D eigenvalue weighted by atomic mass is 10.2. The van der Waals surface area contributed by atoms with Crippen LogP contribution < -0.4 is 5.32 Å². The molecule has 2 rings (SSSR count). The predicted octanol–water partition coefficient (Wildman–Crippen LogP) is 5.86. The van der Waals surface area contributed by atoms with Crippen molar-refractivity contribution in [3.63, 3.8) is 0 Å². The number of nitrogens with one attached hydrogen (secondary N) is 1. The van der Waals surface area contributed by atoms with E-state index in [0.717, 1.165) is 4.90 Å². The second-order valence-electron chi connectivity index (χ2n) is 11.8. The quantitative estimate of drug-likeness (QED) is 0.358. The smallest absolute Gasteiger partial charge is 0.420 e. The highest BCUT2D eigenvalue weighted by Crippen LogP contribution is 2.19. The van der Waals surface area contributed by atoms with E-state index in [9.17, 15) is 14.4 Å². The van der Waals surface area contributed by atoms with Crippen LogP contribution in [0.25, 0.3) is 11.0 Å². The summed E-state index contributed by atoms with van der Waals surface area (Å²) in [6.45, 7) is 17.0. The molecule has 0 bridgehead atoms. The number of hydrogen-bond donors (Lipinski definition) is 1. The molecule has 0 aliphatic rings. The van der Waals surface area contributed by atoms with Gasteiger partial charge in [0.05, 0.1) is 17.6 Å². The normalized spacial score (nSPS) is 12.4. The van der Waals surface area contributed by atoms with Gasteiger partial charge >= 0.3 is 18.3 Å². The highest BCUT2D eigenvalue weighted by molar-refractivity contribution is 5.88. The summed E-state index contributed by atoms with van der Waals surface area (Å²) in [7, 11) is 0. The van der Waals surface area contributed by atoms with Crippen molar-refractivity contribution in [2.45, 2.75) is 98.5 Å². The first kappa shape index (κ1) is 30.1. The van der Waals surface area contributed by atoms with E-state index in [2.05, 4.69) is 10.3 Å². The minimum Gasteiger partial charge on any atom is -0.443 e. The lowest BCUT2D eigenvalue weighted by molar-refractivity contribution is 0.00117. The van der Waals surface area contributed by atoms with Crippen LogP contribution >= 0.6 is 0 Å². The molecule has 0 radical (unpaired) electrons. The molecule has 0 aliphatic heterocycles. The molecule has 0 atom stereocenters. The Hall–Kier alpha value is -3.14. The Balaban J connectivity index is 1.98. The number of benzene rings is 1. The molecule has 0 saturated carbocycles. The minimum absolute atomic E-state index is 0.155. The number of carbonyl (C=O) groups excluding carboxylic acids is 3. The Morgan fingerprint density at radius 3 is 1.92 bits per heavy atom. The molecule has 1 N–H and O–H groups in total. The van der Waals surface area contributed by atoms with E-state index in [1.165, 1.54) is 4.57 Å². The van der Waals surface area contributed by atoms with Crippen molar-refractivity contribution in [3.05, 3.63) is 30.1 Å². The minimum atomic E-state index is -0.738. The molecule has 1 heterocycles. The molecular weight excluding hydrogens is 476 g/mol. The van der Waals surface area contributed by atoms with Crippen LogP contribution in [0.4, 0.5) is 14.4 Å². The van der Waals surface area contributed by atoms with E-state index in [-0.39, 0.29) is 6.54 Å². The van der Waals surface area contributed by atoms with Gasteiger partial charge in [-0.1, -0.05) is 12.1 Å². The predicted molar refractivity (Wildman–Crippen MR) is 141 cm³/mol. The number of imide groups is 1. The van der Waals surface area contributed by atoms with Gasteiger partial charge < -0.3 is 19.5 Å². The van der Waals surface area contributed by atoms with Gasteiger partial charge in [0.1, 0.15) is 22.6 Å². The number of aromatic nitrogens is 2. The highest BCUT2D eigenvalue weighted by Gasteiger charge is 2.30. The molecule has 0 unspecified atom stereocenters. The number of unbranched alkanes of at least 4 members (excludes halogenated alkanes) is 1. The fraction of sp³-hybridized carbons (Fsp3) is 0.630. The Morgan fingerprint density at radius 1 is 0.838 bits per heavy atom. The van der Waals surface area contributed by atoms with E-state index >= 15 is 0 Å². The molecule has 2 amide bonds. The van der Waals surface area contributed by atoms with E-state index < -0.39 is 35.1 Å². The maximum atomic E-state index is 12.9. The van der Waals surface area contributed by atoms with Crippen molar-refractivity contribution in [1.82, 2.24) is 19.8 Å². The molecule has 1 aromatic heterocycles. The van der Waals surface area contributed by atoms with Gasteiger partial charge in [-0.15, -0.1) is 0 Å². The Labute approximate surface area is 219 Å². The van der Waals surface area contributed by atoms with Gasteiger partial charge in [-0.05, 0) is 93.8 Å². The summed E-state index contributed by atoms with van der Waals surface area (Å²) in [5.74, 6) is 0.541. The summed E-state index contributed by atoms with van der Waals surface area (Å²) in [5.41, 5.74) is -0.729. The molecule has 0 fully saturated rings. The van der Waals surface area contributed by atoms with E-state index in [1.807, 2.05) is 45.0 Å². The second kappa shape index (κ2) is 11.9. The summed E-state index contributed by atoms with van der Waals surface area (Å²) in [4.78, 5) is 43.7. The van der Waals surface area contributed by atoms with Crippen molar-refractivity contribution in [1.29, 1.82) is 0 Å². The topological polar surface area (TPSA) is 112 Å². The van der Waals surface area contributed by atoms with Crippen LogP contribution in [0.15, 0.2) is 24.3 Å². The third-order valence-corrected chi connectivity index (χ3v) is 4.70. The first-order valence-corrected chi connectivity index (χ1v) is 12.6. The monoisotopic (exact) mass is 518 g/mol. The average Bonchev–Trinajstić information content (AvgIpc) is 3.07.